The fourth-order valence-electron chi connectivity index (χ4n) is 2.28. The maximum atomic E-state index is 13.8. The maximum Gasteiger partial charge on any atom is 0.374 e. The molecule has 0 unspecified atom stereocenters. The minimum atomic E-state index is -0.705. The van der Waals surface area contributed by atoms with Crippen LogP contribution in [-0.4, -0.2) is 25.1 Å². The molecule has 0 amide bonds. The third-order valence-electron chi connectivity index (χ3n) is 3.56. The number of hydrogen-bond acceptors (Lipinski definition) is 5. The molecule has 1 aromatic rings. The number of methoxy groups -OCH3 is 1. The molecule has 0 spiro atoms. The Labute approximate surface area is 126 Å². The van der Waals surface area contributed by atoms with Gasteiger partial charge < -0.3 is 14.8 Å². The van der Waals surface area contributed by atoms with Crippen LogP contribution in [0.1, 0.15) is 24.0 Å². The number of esters is 1. The Morgan fingerprint density at radius 3 is 2.91 bits per heavy atom. The molecule has 5 nitrogen and oxygen atoms in total. The predicted molar refractivity (Wildman–Crippen MR) is 76.1 cm³/mol. The van der Waals surface area contributed by atoms with Gasteiger partial charge in [-0.15, -0.1) is 0 Å². The number of halogens is 1. The van der Waals surface area contributed by atoms with E-state index in [0.717, 1.165) is 12.8 Å². The highest BCUT2D eigenvalue weighted by Crippen LogP contribution is 2.37. The minimum Gasteiger partial charge on any atom is -0.463 e. The highest BCUT2D eigenvalue weighted by atomic mass is 19.1. The van der Waals surface area contributed by atoms with Crippen molar-refractivity contribution in [2.75, 3.05) is 7.11 Å². The molecule has 22 heavy (non-hydrogen) atoms. The molecule has 1 aliphatic heterocycles. The standard InChI is InChI=1S/C16H14FNO4/c1-21-16(20)14-5-10(8-19)13-6-11(17)4-9(15(13)22-14)7-18-12-2-3-12/h4-6,12,18H,2-3,7H2,1H3. The molecule has 6 heteroatoms. The van der Waals surface area contributed by atoms with Crippen LogP contribution in [0.2, 0.25) is 0 Å². The number of rotatable bonds is 4. The lowest BCUT2D eigenvalue weighted by atomic mass is 9.99. The molecular formula is C16H14FNO4. The van der Waals surface area contributed by atoms with Gasteiger partial charge in [0.1, 0.15) is 17.5 Å². The fourth-order valence-corrected chi connectivity index (χ4v) is 2.28. The summed E-state index contributed by atoms with van der Waals surface area (Å²) in [5, 5.41) is 3.25. The largest absolute Gasteiger partial charge is 0.463 e. The van der Waals surface area contributed by atoms with Gasteiger partial charge in [0.2, 0.25) is 5.76 Å². The zero-order valence-electron chi connectivity index (χ0n) is 11.9. The van der Waals surface area contributed by atoms with Crippen LogP contribution < -0.4 is 10.1 Å². The summed E-state index contributed by atoms with van der Waals surface area (Å²) < 4.78 is 23.9. The van der Waals surface area contributed by atoms with Gasteiger partial charge in [-0.2, -0.15) is 0 Å². The van der Waals surface area contributed by atoms with Crippen LogP contribution in [0, 0.1) is 5.82 Å². The van der Waals surface area contributed by atoms with E-state index in [9.17, 15) is 14.0 Å². The van der Waals surface area contributed by atoms with E-state index in [0.29, 0.717) is 18.2 Å². The van der Waals surface area contributed by atoms with Gasteiger partial charge in [-0.25, -0.2) is 14.0 Å². The topological polar surface area (TPSA) is 64.6 Å². The van der Waals surface area contributed by atoms with Crippen LogP contribution in [0.4, 0.5) is 4.39 Å². The molecule has 1 fully saturated rings. The molecule has 0 bridgehead atoms. The van der Waals surface area contributed by atoms with Crippen LogP contribution in [0.25, 0.3) is 5.57 Å². The van der Waals surface area contributed by atoms with Gasteiger partial charge in [0.15, 0.2) is 0 Å². The number of ether oxygens (including phenoxy) is 2. The Morgan fingerprint density at radius 2 is 2.27 bits per heavy atom. The second kappa shape index (κ2) is 5.75. The average molecular weight is 303 g/mol. The SMILES string of the molecule is COC(=O)C1=CC(=C=O)c2cc(F)cc(CNC3CC3)c2O1. The Balaban J connectivity index is 2.01. The number of hydrogen-bond donors (Lipinski definition) is 1. The zero-order chi connectivity index (χ0) is 15.7. The van der Waals surface area contributed by atoms with Crippen molar-refractivity contribution in [2.45, 2.75) is 25.4 Å². The van der Waals surface area contributed by atoms with E-state index >= 15 is 0 Å². The van der Waals surface area contributed by atoms with Crippen molar-refractivity contribution in [2.24, 2.45) is 0 Å². The number of carbonyl (C=O) groups excluding carboxylic acids is 2. The Morgan fingerprint density at radius 1 is 1.50 bits per heavy atom. The molecule has 1 N–H and O–H groups in total. The van der Waals surface area contributed by atoms with E-state index < -0.39 is 11.8 Å². The van der Waals surface area contributed by atoms with E-state index in [1.54, 1.807) is 5.94 Å². The summed E-state index contributed by atoms with van der Waals surface area (Å²) in [5.74, 6) is 0.707. The number of carbonyl (C=O) groups is 1. The summed E-state index contributed by atoms with van der Waals surface area (Å²) in [4.78, 5) is 22.8. The molecule has 2 aliphatic rings. The molecule has 3 rings (SSSR count). The van der Waals surface area contributed by atoms with Crippen molar-refractivity contribution >= 4 is 17.5 Å². The molecule has 114 valence electrons. The number of fused-ring (bicyclic) bond motifs is 1. The second-order valence-electron chi connectivity index (χ2n) is 5.21. The van der Waals surface area contributed by atoms with Gasteiger partial charge in [-0.1, -0.05) is 0 Å². The van der Waals surface area contributed by atoms with Crippen molar-refractivity contribution < 1.29 is 23.5 Å². The Hall–Kier alpha value is -2.43. The van der Waals surface area contributed by atoms with Gasteiger partial charge in [-0.3, -0.25) is 0 Å². The monoisotopic (exact) mass is 303 g/mol. The second-order valence-corrected chi connectivity index (χ2v) is 5.21. The average Bonchev–Trinajstić information content (AvgIpc) is 3.35. The van der Waals surface area contributed by atoms with Crippen LogP contribution >= 0.6 is 0 Å². The number of nitrogens with one attached hydrogen (secondary N) is 1. The van der Waals surface area contributed by atoms with Gasteiger partial charge >= 0.3 is 5.97 Å². The predicted octanol–water partition coefficient (Wildman–Crippen LogP) is 1.74. The van der Waals surface area contributed by atoms with Crippen LogP contribution in [-0.2, 0) is 20.9 Å². The summed E-state index contributed by atoms with van der Waals surface area (Å²) in [6.45, 7) is 0.394. The first kappa shape index (κ1) is 14.5. The third-order valence-corrected chi connectivity index (χ3v) is 3.56. The van der Waals surface area contributed by atoms with Crippen molar-refractivity contribution in [3.8, 4) is 5.75 Å². The van der Waals surface area contributed by atoms with E-state index in [2.05, 4.69) is 10.1 Å². The lowest BCUT2D eigenvalue weighted by molar-refractivity contribution is -0.138. The van der Waals surface area contributed by atoms with Crippen molar-refractivity contribution in [1.82, 2.24) is 5.32 Å². The van der Waals surface area contributed by atoms with Crippen LogP contribution in [0.5, 0.6) is 5.75 Å². The summed E-state index contributed by atoms with van der Waals surface area (Å²) in [5.41, 5.74) is 0.897. The van der Waals surface area contributed by atoms with Crippen LogP contribution in [0.3, 0.4) is 0 Å². The molecule has 0 aromatic heterocycles. The lowest BCUT2D eigenvalue weighted by Crippen LogP contribution is -2.20. The highest BCUT2D eigenvalue weighted by Gasteiger charge is 2.27. The van der Waals surface area contributed by atoms with E-state index in [1.807, 2.05) is 0 Å². The van der Waals surface area contributed by atoms with Gasteiger partial charge in [0, 0.05) is 29.8 Å². The van der Waals surface area contributed by atoms with Gasteiger partial charge in [0.05, 0.1) is 12.7 Å². The van der Waals surface area contributed by atoms with Gasteiger partial charge in [-0.05, 0) is 25.0 Å². The van der Waals surface area contributed by atoms with Gasteiger partial charge in [0.25, 0.3) is 0 Å². The first-order chi connectivity index (χ1) is 10.6. The summed E-state index contributed by atoms with van der Waals surface area (Å²) >= 11 is 0. The molecule has 1 aromatic carbocycles. The quantitative estimate of drug-likeness (QED) is 0.678. The third kappa shape index (κ3) is 2.79. The van der Waals surface area contributed by atoms with E-state index in [1.165, 1.54) is 25.3 Å². The molecule has 1 heterocycles. The Kier molecular flexibility index (Phi) is 3.79. The molecule has 1 aliphatic carbocycles. The molecule has 0 saturated heterocycles. The molecule has 0 radical (unpaired) electrons. The van der Waals surface area contributed by atoms with Crippen molar-refractivity contribution in [3.05, 3.63) is 40.9 Å². The minimum absolute atomic E-state index is 0.0637. The summed E-state index contributed by atoms with van der Waals surface area (Å²) in [7, 11) is 1.21. The maximum absolute atomic E-state index is 13.8. The summed E-state index contributed by atoms with van der Waals surface area (Å²) in [6.07, 6.45) is 3.38. The molecule has 0 atom stereocenters. The summed E-state index contributed by atoms with van der Waals surface area (Å²) in [6, 6.07) is 2.96. The first-order valence-corrected chi connectivity index (χ1v) is 6.91. The number of benzene rings is 1. The van der Waals surface area contributed by atoms with E-state index in [4.69, 9.17) is 4.74 Å². The van der Waals surface area contributed by atoms with Crippen molar-refractivity contribution in [3.63, 3.8) is 0 Å². The normalized spacial score (nSPS) is 16.3. The fraction of sp³-hybridized carbons (Fsp3) is 0.312. The van der Waals surface area contributed by atoms with E-state index in [-0.39, 0.29) is 22.6 Å². The Bertz CT molecular complexity index is 715. The molecule has 1 saturated carbocycles. The zero-order valence-corrected chi connectivity index (χ0v) is 11.9. The first-order valence-electron chi connectivity index (χ1n) is 6.91. The lowest BCUT2D eigenvalue weighted by Gasteiger charge is -2.20. The molecular weight excluding hydrogens is 289 g/mol. The smallest absolute Gasteiger partial charge is 0.374 e. The highest BCUT2D eigenvalue weighted by molar-refractivity contribution is 6.01. The van der Waals surface area contributed by atoms with Crippen LogP contribution in [0.15, 0.2) is 24.0 Å². The number of allylic oxidation sites excluding steroid dienone is 2. The van der Waals surface area contributed by atoms with Crippen molar-refractivity contribution in [1.29, 1.82) is 0 Å².